The molecule has 0 amide bonds. The minimum Gasteiger partial charge on any atom is -0.508 e. The van der Waals surface area contributed by atoms with Gasteiger partial charge in [0.2, 0.25) is 0 Å². The second kappa shape index (κ2) is 5.29. The Morgan fingerprint density at radius 1 is 1.33 bits per heavy atom. The van der Waals surface area contributed by atoms with E-state index < -0.39 is 5.41 Å². The van der Waals surface area contributed by atoms with Crippen molar-refractivity contribution in [2.45, 2.75) is 45.6 Å². The van der Waals surface area contributed by atoms with Crippen LogP contribution in [0.4, 0.5) is 0 Å². The molecule has 0 saturated carbocycles. The summed E-state index contributed by atoms with van der Waals surface area (Å²) < 4.78 is 5.60. The van der Waals surface area contributed by atoms with Crippen LogP contribution in [0.5, 0.6) is 17.2 Å². The maximum absolute atomic E-state index is 10.7. The Labute approximate surface area is 107 Å². The molecule has 0 atom stereocenters. The molecule has 0 heterocycles. The Kier molecular flexibility index (Phi) is 4.22. The van der Waals surface area contributed by atoms with Gasteiger partial charge in [0.1, 0.15) is 23.5 Å². The van der Waals surface area contributed by atoms with Crippen molar-refractivity contribution in [1.82, 2.24) is 0 Å². The summed E-state index contributed by atoms with van der Waals surface area (Å²) in [5, 5.41) is 19.5. The van der Waals surface area contributed by atoms with E-state index in [1.807, 2.05) is 27.7 Å². The van der Waals surface area contributed by atoms with E-state index in [0.717, 1.165) is 6.29 Å². The third kappa shape index (κ3) is 3.15. The van der Waals surface area contributed by atoms with Gasteiger partial charge in [-0.15, -0.1) is 0 Å². The van der Waals surface area contributed by atoms with Gasteiger partial charge in [0.25, 0.3) is 0 Å². The number of rotatable bonds is 5. The van der Waals surface area contributed by atoms with Crippen molar-refractivity contribution < 1.29 is 19.7 Å². The summed E-state index contributed by atoms with van der Waals surface area (Å²) in [6, 6.07) is 2.72. The lowest BCUT2D eigenvalue weighted by Crippen LogP contribution is -2.20. The van der Waals surface area contributed by atoms with Crippen LogP contribution in [0.2, 0.25) is 0 Å². The van der Waals surface area contributed by atoms with Crippen LogP contribution < -0.4 is 4.74 Å². The first-order valence-corrected chi connectivity index (χ1v) is 5.94. The molecular weight excluding hydrogens is 232 g/mol. The van der Waals surface area contributed by atoms with Gasteiger partial charge in [-0.05, 0) is 13.8 Å². The number of phenolic OH excluding ortho intramolecular Hbond substituents is 2. The van der Waals surface area contributed by atoms with Crippen molar-refractivity contribution in [3.05, 3.63) is 17.7 Å². The van der Waals surface area contributed by atoms with Gasteiger partial charge in [-0.3, -0.25) is 0 Å². The molecule has 0 aliphatic heterocycles. The number of ether oxygens (including phenoxy) is 1. The van der Waals surface area contributed by atoms with Crippen LogP contribution in [-0.2, 0) is 10.2 Å². The molecule has 0 aliphatic rings. The smallest absolute Gasteiger partial charge is 0.130 e. The first-order valence-electron chi connectivity index (χ1n) is 5.94. The highest BCUT2D eigenvalue weighted by molar-refractivity contribution is 5.59. The Hall–Kier alpha value is -1.71. The Balaban J connectivity index is 3.35. The first-order chi connectivity index (χ1) is 8.27. The molecule has 18 heavy (non-hydrogen) atoms. The molecule has 2 N–H and O–H groups in total. The molecule has 0 aliphatic carbocycles. The van der Waals surface area contributed by atoms with Gasteiger partial charge < -0.3 is 19.7 Å². The van der Waals surface area contributed by atoms with Crippen LogP contribution in [0.15, 0.2) is 12.1 Å². The molecular formula is C14H20O4. The molecule has 0 spiro atoms. The van der Waals surface area contributed by atoms with Crippen LogP contribution in [0.3, 0.4) is 0 Å². The normalized spacial score (nSPS) is 11.6. The van der Waals surface area contributed by atoms with E-state index in [2.05, 4.69) is 0 Å². The van der Waals surface area contributed by atoms with Crippen LogP contribution in [0.1, 0.15) is 39.7 Å². The predicted molar refractivity (Wildman–Crippen MR) is 69.2 cm³/mol. The van der Waals surface area contributed by atoms with E-state index in [0.29, 0.717) is 11.3 Å². The quantitative estimate of drug-likeness (QED) is 0.791. The van der Waals surface area contributed by atoms with Gasteiger partial charge >= 0.3 is 0 Å². The van der Waals surface area contributed by atoms with Crippen LogP contribution in [-0.4, -0.2) is 22.6 Å². The molecule has 100 valence electrons. The van der Waals surface area contributed by atoms with Crippen molar-refractivity contribution in [3.63, 3.8) is 0 Å². The van der Waals surface area contributed by atoms with E-state index in [1.165, 1.54) is 12.1 Å². The fourth-order valence-electron chi connectivity index (χ4n) is 1.92. The number of aromatic hydroxyl groups is 2. The highest BCUT2D eigenvalue weighted by Crippen LogP contribution is 2.42. The number of phenols is 2. The average Bonchev–Trinajstić information content (AvgIpc) is 2.13. The van der Waals surface area contributed by atoms with E-state index in [4.69, 9.17) is 4.74 Å². The monoisotopic (exact) mass is 252 g/mol. The van der Waals surface area contributed by atoms with Gasteiger partial charge in [-0.1, -0.05) is 13.8 Å². The molecule has 0 fully saturated rings. The van der Waals surface area contributed by atoms with Crippen LogP contribution in [0.25, 0.3) is 0 Å². The number of hydrogen-bond acceptors (Lipinski definition) is 4. The standard InChI is InChI=1S/C14H20O4/c1-9(2)18-12-8-10(16)7-11(17)13(12)14(3,4)5-6-15/h6-9,16-17H,5H2,1-4H3. The SMILES string of the molecule is CC(C)Oc1cc(O)cc(O)c1C(C)(C)CC=O. The fraction of sp³-hybridized carbons (Fsp3) is 0.500. The topological polar surface area (TPSA) is 66.8 Å². The van der Waals surface area contributed by atoms with E-state index in [1.54, 1.807) is 0 Å². The lowest BCUT2D eigenvalue weighted by molar-refractivity contribution is -0.108. The van der Waals surface area contributed by atoms with Crippen molar-refractivity contribution in [1.29, 1.82) is 0 Å². The molecule has 0 aromatic heterocycles. The molecule has 0 bridgehead atoms. The third-order valence-corrected chi connectivity index (χ3v) is 2.70. The number of benzene rings is 1. The lowest BCUT2D eigenvalue weighted by Gasteiger charge is -2.27. The largest absolute Gasteiger partial charge is 0.508 e. The van der Waals surface area contributed by atoms with Crippen LogP contribution in [0, 0.1) is 0 Å². The second-order valence-corrected chi connectivity index (χ2v) is 5.26. The lowest BCUT2D eigenvalue weighted by atomic mass is 9.80. The average molecular weight is 252 g/mol. The molecule has 1 aromatic rings. The van der Waals surface area contributed by atoms with Crippen LogP contribution >= 0.6 is 0 Å². The van der Waals surface area contributed by atoms with E-state index >= 15 is 0 Å². The van der Waals surface area contributed by atoms with Crippen molar-refractivity contribution in [2.24, 2.45) is 0 Å². The Morgan fingerprint density at radius 2 is 1.94 bits per heavy atom. The molecule has 0 unspecified atom stereocenters. The second-order valence-electron chi connectivity index (χ2n) is 5.26. The molecule has 0 radical (unpaired) electrons. The highest BCUT2D eigenvalue weighted by Gasteiger charge is 2.28. The van der Waals surface area contributed by atoms with Crippen molar-refractivity contribution in [3.8, 4) is 17.2 Å². The first kappa shape index (κ1) is 14.4. The summed E-state index contributed by atoms with van der Waals surface area (Å²) in [5.74, 6) is 0.292. The summed E-state index contributed by atoms with van der Waals surface area (Å²) in [5.41, 5.74) is -0.00914. The molecule has 1 aromatic carbocycles. The summed E-state index contributed by atoms with van der Waals surface area (Å²) >= 11 is 0. The summed E-state index contributed by atoms with van der Waals surface area (Å²) in [6.45, 7) is 7.41. The van der Waals surface area contributed by atoms with Gasteiger partial charge in [-0.25, -0.2) is 0 Å². The summed E-state index contributed by atoms with van der Waals surface area (Å²) in [7, 11) is 0. The minimum absolute atomic E-state index is 0.0579. The maximum atomic E-state index is 10.7. The highest BCUT2D eigenvalue weighted by atomic mass is 16.5. The maximum Gasteiger partial charge on any atom is 0.130 e. The van der Waals surface area contributed by atoms with Crippen molar-refractivity contribution >= 4 is 6.29 Å². The minimum atomic E-state index is -0.552. The van der Waals surface area contributed by atoms with E-state index in [-0.39, 0.29) is 24.0 Å². The van der Waals surface area contributed by atoms with E-state index in [9.17, 15) is 15.0 Å². The number of hydrogen-bond donors (Lipinski definition) is 2. The zero-order valence-electron chi connectivity index (χ0n) is 11.2. The zero-order chi connectivity index (χ0) is 13.9. The Morgan fingerprint density at radius 3 is 2.44 bits per heavy atom. The van der Waals surface area contributed by atoms with Gasteiger partial charge in [0.05, 0.1) is 6.10 Å². The zero-order valence-corrected chi connectivity index (χ0v) is 11.2. The molecule has 4 nitrogen and oxygen atoms in total. The van der Waals surface area contributed by atoms with Gasteiger partial charge in [0.15, 0.2) is 0 Å². The molecule has 1 rings (SSSR count). The fourth-order valence-corrected chi connectivity index (χ4v) is 1.92. The third-order valence-electron chi connectivity index (χ3n) is 2.70. The summed E-state index contributed by atoms with van der Waals surface area (Å²) in [6.07, 6.45) is 0.989. The predicted octanol–water partition coefficient (Wildman–Crippen LogP) is 2.75. The number of carbonyl (C=O) groups excluding carboxylic acids is 1. The van der Waals surface area contributed by atoms with Gasteiger partial charge in [0, 0.05) is 29.5 Å². The number of aldehydes is 1. The van der Waals surface area contributed by atoms with Crippen molar-refractivity contribution in [2.75, 3.05) is 0 Å². The number of carbonyl (C=O) groups is 1. The summed E-state index contributed by atoms with van der Waals surface area (Å²) in [4.78, 5) is 10.7. The molecule has 0 saturated heterocycles. The van der Waals surface area contributed by atoms with Gasteiger partial charge in [-0.2, -0.15) is 0 Å². The Bertz CT molecular complexity index is 436. The molecule has 4 heteroatoms.